The van der Waals surface area contributed by atoms with Crippen molar-refractivity contribution in [1.29, 1.82) is 0 Å². The van der Waals surface area contributed by atoms with Crippen LogP contribution < -0.4 is 10.6 Å². The molecule has 5 heteroatoms. The molecule has 0 aromatic carbocycles. The molecule has 0 aromatic rings. The second-order valence-corrected chi connectivity index (χ2v) is 7.42. The fraction of sp³-hybridized carbons (Fsp3) is 0.941. The minimum absolute atomic E-state index is 0.0805. The van der Waals surface area contributed by atoms with Crippen molar-refractivity contribution in [2.24, 2.45) is 0 Å². The highest BCUT2D eigenvalue weighted by molar-refractivity contribution is 5.78. The van der Waals surface area contributed by atoms with Crippen LogP contribution in [0.4, 0.5) is 0 Å². The third-order valence-electron chi connectivity index (χ3n) is 5.66. The predicted molar refractivity (Wildman–Crippen MR) is 86.8 cm³/mol. The van der Waals surface area contributed by atoms with E-state index in [4.69, 9.17) is 4.74 Å². The van der Waals surface area contributed by atoms with Crippen LogP contribution >= 0.6 is 0 Å². The van der Waals surface area contributed by atoms with Gasteiger partial charge in [-0.25, -0.2) is 0 Å². The number of likely N-dealkylation sites (N-methyl/N-ethyl adjacent to an activating group) is 1. The molecule has 1 spiro atoms. The number of rotatable bonds is 4. The molecule has 2 saturated heterocycles. The first-order valence-electron chi connectivity index (χ1n) is 9.01. The van der Waals surface area contributed by atoms with E-state index in [-0.39, 0.29) is 17.6 Å². The van der Waals surface area contributed by atoms with Gasteiger partial charge in [0.2, 0.25) is 5.91 Å². The van der Waals surface area contributed by atoms with Gasteiger partial charge in [-0.05, 0) is 52.2 Å². The Kier molecular flexibility index (Phi) is 5.37. The molecule has 1 aliphatic carbocycles. The molecule has 126 valence electrons. The van der Waals surface area contributed by atoms with Crippen LogP contribution in [0.3, 0.4) is 0 Å². The first-order valence-corrected chi connectivity index (χ1v) is 9.01. The molecule has 1 amide bonds. The maximum Gasteiger partial charge on any atom is 0.234 e. The van der Waals surface area contributed by atoms with Crippen molar-refractivity contribution in [1.82, 2.24) is 15.5 Å². The summed E-state index contributed by atoms with van der Waals surface area (Å²) in [4.78, 5) is 14.5. The fourth-order valence-electron chi connectivity index (χ4n) is 4.36. The lowest BCUT2D eigenvalue weighted by atomic mass is 9.82. The third kappa shape index (κ3) is 4.00. The number of hydrogen-bond acceptors (Lipinski definition) is 4. The maximum absolute atomic E-state index is 12.3. The zero-order valence-corrected chi connectivity index (χ0v) is 13.9. The van der Waals surface area contributed by atoms with Crippen LogP contribution in [0, 0.1) is 0 Å². The normalized spacial score (nSPS) is 29.1. The first kappa shape index (κ1) is 16.2. The molecule has 1 saturated carbocycles. The highest BCUT2D eigenvalue weighted by atomic mass is 16.5. The van der Waals surface area contributed by atoms with Gasteiger partial charge in [-0.2, -0.15) is 0 Å². The van der Waals surface area contributed by atoms with Crippen LogP contribution in [0.25, 0.3) is 0 Å². The molecular formula is C17H31N3O2. The Morgan fingerprint density at radius 1 is 1.27 bits per heavy atom. The molecule has 0 bridgehead atoms. The van der Waals surface area contributed by atoms with Crippen LogP contribution in [0.2, 0.25) is 0 Å². The molecule has 3 rings (SSSR count). The Balaban J connectivity index is 1.42. The number of nitrogens with one attached hydrogen (secondary N) is 2. The number of piperidine rings is 1. The number of nitrogens with zero attached hydrogens (tertiary/aromatic N) is 1. The Morgan fingerprint density at radius 2 is 2.00 bits per heavy atom. The predicted octanol–water partition coefficient (Wildman–Crippen LogP) is 1.28. The van der Waals surface area contributed by atoms with Crippen LogP contribution in [-0.2, 0) is 9.53 Å². The minimum Gasteiger partial charge on any atom is -0.373 e. The van der Waals surface area contributed by atoms with E-state index in [1.165, 1.54) is 32.1 Å². The summed E-state index contributed by atoms with van der Waals surface area (Å²) in [6, 6.07) is 0.753. The van der Waals surface area contributed by atoms with Gasteiger partial charge in [0.15, 0.2) is 0 Å². The van der Waals surface area contributed by atoms with Gasteiger partial charge < -0.3 is 15.4 Å². The summed E-state index contributed by atoms with van der Waals surface area (Å²) in [7, 11) is 2.07. The van der Waals surface area contributed by atoms with E-state index in [1.807, 2.05) is 0 Å². The topological polar surface area (TPSA) is 53.6 Å². The smallest absolute Gasteiger partial charge is 0.234 e. The summed E-state index contributed by atoms with van der Waals surface area (Å²) < 4.78 is 6.08. The summed E-state index contributed by atoms with van der Waals surface area (Å²) >= 11 is 0. The average Bonchev–Trinajstić information content (AvgIpc) is 2.90. The van der Waals surface area contributed by atoms with Gasteiger partial charge in [0.25, 0.3) is 0 Å². The van der Waals surface area contributed by atoms with Gasteiger partial charge in [-0.1, -0.05) is 19.3 Å². The maximum atomic E-state index is 12.3. The van der Waals surface area contributed by atoms with Crippen molar-refractivity contribution < 1.29 is 9.53 Å². The van der Waals surface area contributed by atoms with Crippen molar-refractivity contribution in [3.05, 3.63) is 0 Å². The molecule has 3 fully saturated rings. The summed E-state index contributed by atoms with van der Waals surface area (Å²) in [5.41, 5.74) is 0.0805. The second-order valence-electron chi connectivity index (χ2n) is 7.42. The van der Waals surface area contributed by atoms with Gasteiger partial charge >= 0.3 is 0 Å². The zero-order valence-electron chi connectivity index (χ0n) is 13.9. The standard InChI is InChI=1S/C17H31N3O2/c1-20(15-5-9-18-10-6-15)12-16(21)19-14-11-17(22-13-14)7-3-2-4-8-17/h14-15,18H,2-13H2,1H3,(H,19,21)/t14-/m0/s1. The molecule has 0 radical (unpaired) electrons. The molecular weight excluding hydrogens is 278 g/mol. The van der Waals surface area contributed by atoms with Crippen LogP contribution in [0.5, 0.6) is 0 Å². The van der Waals surface area contributed by atoms with Crippen LogP contribution in [0.1, 0.15) is 51.4 Å². The van der Waals surface area contributed by atoms with Crippen LogP contribution in [-0.4, -0.2) is 61.8 Å². The Morgan fingerprint density at radius 3 is 2.73 bits per heavy atom. The van der Waals surface area contributed by atoms with E-state index in [0.717, 1.165) is 32.4 Å². The van der Waals surface area contributed by atoms with E-state index in [9.17, 15) is 4.79 Å². The summed E-state index contributed by atoms with van der Waals surface area (Å²) in [6.45, 7) is 3.34. The van der Waals surface area contributed by atoms with E-state index in [0.29, 0.717) is 19.2 Å². The summed E-state index contributed by atoms with van der Waals surface area (Å²) in [5, 5.41) is 6.57. The zero-order chi connectivity index (χ0) is 15.4. The molecule has 0 aromatic heterocycles. The van der Waals surface area contributed by atoms with Gasteiger partial charge in [0, 0.05) is 6.04 Å². The summed E-state index contributed by atoms with van der Waals surface area (Å²) in [6.07, 6.45) is 9.53. The largest absolute Gasteiger partial charge is 0.373 e. The molecule has 2 aliphatic heterocycles. The van der Waals surface area contributed by atoms with Gasteiger partial charge in [-0.15, -0.1) is 0 Å². The molecule has 22 heavy (non-hydrogen) atoms. The Bertz CT molecular complexity index is 376. The summed E-state index contributed by atoms with van der Waals surface area (Å²) in [5.74, 6) is 0.155. The lowest BCUT2D eigenvalue weighted by Crippen LogP contribution is -2.47. The number of amides is 1. The van der Waals surface area contributed by atoms with Crippen molar-refractivity contribution in [3.8, 4) is 0 Å². The van der Waals surface area contributed by atoms with Crippen molar-refractivity contribution in [2.75, 3.05) is 33.3 Å². The van der Waals surface area contributed by atoms with Gasteiger partial charge in [0.05, 0.1) is 24.8 Å². The molecule has 3 aliphatic rings. The average molecular weight is 309 g/mol. The molecule has 2 heterocycles. The first-order chi connectivity index (χ1) is 10.7. The molecule has 5 nitrogen and oxygen atoms in total. The van der Waals surface area contributed by atoms with Crippen LogP contribution in [0.15, 0.2) is 0 Å². The minimum atomic E-state index is 0.0805. The Labute approximate surface area is 134 Å². The molecule has 1 atom stereocenters. The highest BCUT2D eigenvalue weighted by Crippen LogP contribution is 2.39. The van der Waals surface area contributed by atoms with Crippen molar-refractivity contribution in [2.45, 2.75) is 69.1 Å². The quantitative estimate of drug-likeness (QED) is 0.821. The van der Waals surface area contributed by atoms with E-state index >= 15 is 0 Å². The second kappa shape index (κ2) is 7.28. The number of carbonyl (C=O) groups is 1. The third-order valence-corrected chi connectivity index (χ3v) is 5.66. The van der Waals surface area contributed by atoms with E-state index < -0.39 is 0 Å². The SMILES string of the molecule is CN(CC(=O)N[C@@H]1COC2(CCCCC2)C1)C1CCNCC1. The van der Waals surface area contributed by atoms with E-state index in [2.05, 4.69) is 22.6 Å². The van der Waals surface area contributed by atoms with Crippen molar-refractivity contribution in [3.63, 3.8) is 0 Å². The van der Waals surface area contributed by atoms with E-state index in [1.54, 1.807) is 0 Å². The number of ether oxygens (including phenoxy) is 1. The molecule has 2 N–H and O–H groups in total. The number of hydrogen-bond donors (Lipinski definition) is 2. The van der Waals surface area contributed by atoms with Gasteiger partial charge in [0.1, 0.15) is 0 Å². The molecule has 0 unspecified atom stereocenters. The fourth-order valence-corrected chi connectivity index (χ4v) is 4.36. The highest BCUT2D eigenvalue weighted by Gasteiger charge is 2.41. The number of carbonyl (C=O) groups excluding carboxylic acids is 1. The van der Waals surface area contributed by atoms with Crippen molar-refractivity contribution >= 4 is 5.91 Å². The lowest BCUT2D eigenvalue weighted by molar-refractivity contribution is -0.123. The monoisotopic (exact) mass is 309 g/mol. The van der Waals surface area contributed by atoms with Gasteiger partial charge in [-0.3, -0.25) is 9.69 Å². The lowest BCUT2D eigenvalue weighted by Gasteiger charge is -2.32. The Hall–Kier alpha value is -0.650.